The standard InChI is InChI=1S/C83H94BN3/c1-51-39-58-61(77(7,8)38-37-76(58,5)6)46-69(51)86-71-48-63-60(79(11,12)50-81(63,15)16)45-66(71)84-65-44-59-62(80(13,14)49-78(59,9)10)47-70(65)85(67-34-32-55(75(2,3)4)41-57(67)53-29-23-20-24-30-53)72-42-56(43-73(86)74(72)84)87-68-33-31-54(52-27-21-19-22-28-52)40-64(68)82(17)35-25-26-36-83(82,87)18/h19-24,27-34,39-48H,25-26,35-38,49-50H2,1-18H3. The van der Waals surface area contributed by atoms with E-state index in [2.05, 4.69) is 285 Å². The van der Waals surface area contributed by atoms with Crippen molar-refractivity contribution in [1.82, 2.24) is 0 Å². The summed E-state index contributed by atoms with van der Waals surface area (Å²) < 4.78 is 0. The van der Waals surface area contributed by atoms with E-state index in [4.69, 9.17) is 0 Å². The molecule has 2 unspecified atom stereocenters. The Bertz CT molecular complexity index is 4220. The van der Waals surface area contributed by atoms with Gasteiger partial charge in [-0.2, -0.15) is 0 Å². The van der Waals surface area contributed by atoms with Crippen molar-refractivity contribution >= 4 is 68.6 Å². The highest BCUT2D eigenvalue weighted by molar-refractivity contribution is 7.00. The number of fused-ring (bicyclic) bond motifs is 10. The Hall–Kier alpha value is -6.78. The fourth-order valence-electron chi connectivity index (χ4n) is 19.5. The van der Waals surface area contributed by atoms with E-state index in [1.807, 2.05) is 0 Å². The van der Waals surface area contributed by atoms with Gasteiger partial charge < -0.3 is 14.7 Å². The molecule has 0 N–H and O–H groups in total. The van der Waals surface area contributed by atoms with Crippen molar-refractivity contribution < 1.29 is 0 Å². The Morgan fingerprint density at radius 1 is 0.379 bits per heavy atom. The molecule has 1 fully saturated rings. The predicted octanol–water partition coefficient (Wildman–Crippen LogP) is 20.7. The van der Waals surface area contributed by atoms with Crippen LogP contribution in [0.4, 0.5) is 45.5 Å². The summed E-state index contributed by atoms with van der Waals surface area (Å²) in [5, 5.41) is 0. The smallest absolute Gasteiger partial charge is 0.252 e. The van der Waals surface area contributed by atoms with E-state index in [1.54, 1.807) is 0 Å². The second-order valence-electron chi connectivity index (χ2n) is 33.9. The minimum atomic E-state index is -0.203. The number of anilines is 8. The van der Waals surface area contributed by atoms with Gasteiger partial charge >= 0.3 is 0 Å². The molecule has 4 heteroatoms. The van der Waals surface area contributed by atoms with Gasteiger partial charge in [0.25, 0.3) is 6.71 Å². The fourth-order valence-corrected chi connectivity index (χ4v) is 19.5. The molecule has 7 aliphatic rings. The lowest BCUT2D eigenvalue weighted by molar-refractivity contribution is 0.195. The third-order valence-corrected chi connectivity index (χ3v) is 24.1. The van der Waals surface area contributed by atoms with E-state index in [1.165, 1.54) is 153 Å². The van der Waals surface area contributed by atoms with Crippen molar-refractivity contribution in [2.24, 2.45) is 0 Å². The molecule has 4 aliphatic carbocycles. The largest absolute Gasteiger partial charge is 0.334 e. The van der Waals surface area contributed by atoms with Crippen molar-refractivity contribution in [2.45, 2.75) is 225 Å². The third-order valence-electron chi connectivity index (χ3n) is 24.1. The normalized spacial score (nSPS) is 23.2. The quantitative estimate of drug-likeness (QED) is 0.159. The number of nitrogens with zero attached hydrogens (tertiary/aromatic N) is 3. The summed E-state index contributed by atoms with van der Waals surface area (Å²) >= 11 is 0. The highest BCUT2D eigenvalue weighted by Crippen LogP contribution is 2.64. The second kappa shape index (κ2) is 18.2. The van der Waals surface area contributed by atoms with Crippen LogP contribution in [0, 0.1) is 6.92 Å². The van der Waals surface area contributed by atoms with Crippen molar-refractivity contribution in [3.05, 3.63) is 196 Å². The van der Waals surface area contributed by atoms with Crippen LogP contribution in [-0.4, -0.2) is 12.3 Å². The van der Waals surface area contributed by atoms with Crippen LogP contribution >= 0.6 is 0 Å². The maximum absolute atomic E-state index is 2.89. The molecule has 3 heterocycles. The molecule has 0 radical (unpaired) electrons. The highest BCUT2D eigenvalue weighted by atomic mass is 15.3. The van der Waals surface area contributed by atoms with Gasteiger partial charge in [-0.3, -0.25) is 0 Å². The van der Waals surface area contributed by atoms with Crippen LogP contribution in [0.3, 0.4) is 0 Å². The minimum Gasteiger partial charge on any atom is -0.334 e. The fraction of sp³-hybridized carbons (Fsp3) is 0.422. The molecule has 0 bridgehead atoms. The first-order valence-electron chi connectivity index (χ1n) is 33.4. The first-order chi connectivity index (χ1) is 40.9. The van der Waals surface area contributed by atoms with Gasteiger partial charge in [0.15, 0.2) is 0 Å². The molecule has 15 rings (SSSR count). The molecule has 8 aromatic rings. The first kappa shape index (κ1) is 56.7. The van der Waals surface area contributed by atoms with Crippen LogP contribution in [0.5, 0.6) is 0 Å². The second-order valence-corrected chi connectivity index (χ2v) is 33.9. The average molecular weight is 1140 g/mol. The number of hydrogen-bond donors (Lipinski definition) is 0. The molecular weight excluding hydrogens is 1050 g/mol. The van der Waals surface area contributed by atoms with E-state index in [9.17, 15) is 0 Å². The number of hydrogen-bond acceptors (Lipinski definition) is 3. The summed E-state index contributed by atoms with van der Waals surface area (Å²) in [6.07, 6.45) is 9.26. The molecule has 0 saturated heterocycles. The lowest BCUT2D eigenvalue weighted by Crippen LogP contribution is -2.62. The Balaban J connectivity index is 1.12. The van der Waals surface area contributed by atoms with E-state index in [0.717, 1.165) is 32.1 Å². The SMILES string of the molecule is Cc1cc2c(cc1N1c3cc4c(cc3B3c5cc6c(cc5N(c5ccc(C(C)(C)C)cc5-c5ccccc5)c5cc(N7c8ccc(-c9ccccc9)cc8C8(C)CCCCC78C)cc1c53)C(C)(C)CC6(C)C)C(C)(C)CC4(C)C)C(C)(C)CCC2(C)C. The Morgan fingerprint density at radius 2 is 0.851 bits per heavy atom. The predicted molar refractivity (Wildman–Crippen MR) is 374 cm³/mol. The zero-order valence-electron chi connectivity index (χ0n) is 55.9. The molecule has 3 nitrogen and oxygen atoms in total. The third kappa shape index (κ3) is 8.05. The zero-order chi connectivity index (χ0) is 61.3. The van der Waals surface area contributed by atoms with E-state index in [0.29, 0.717) is 0 Å². The number of aryl methyl sites for hydroxylation is 1. The molecule has 87 heavy (non-hydrogen) atoms. The minimum absolute atomic E-state index is 0.00147. The molecule has 8 aromatic carbocycles. The van der Waals surface area contributed by atoms with Crippen LogP contribution in [0.25, 0.3) is 22.3 Å². The summed E-state index contributed by atoms with van der Waals surface area (Å²) in [5.41, 5.74) is 32.7. The zero-order valence-corrected chi connectivity index (χ0v) is 55.9. The molecule has 2 atom stereocenters. The number of benzene rings is 8. The summed E-state index contributed by atoms with van der Waals surface area (Å²) in [4.78, 5) is 8.53. The van der Waals surface area contributed by atoms with Gasteiger partial charge in [-0.25, -0.2) is 0 Å². The van der Waals surface area contributed by atoms with Crippen molar-refractivity contribution in [3.8, 4) is 22.3 Å². The maximum Gasteiger partial charge on any atom is 0.252 e. The van der Waals surface area contributed by atoms with Crippen molar-refractivity contribution in [3.63, 3.8) is 0 Å². The van der Waals surface area contributed by atoms with E-state index >= 15 is 0 Å². The van der Waals surface area contributed by atoms with E-state index < -0.39 is 0 Å². The maximum atomic E-state index is 2.89. The summed E-state index contributed by atoms with van der Waals surface area (Å²) in [6.45, 7) is 44.9. The summed E-state index contributed by atoms with van der Waals surface area (Å²) in [5.74, 6) is 0. The molecule has 1 saturated carbocycles. The van der Waals surface area contributed by atoms with Crippen LogP contribution in [0.15, 0.2) is 146 Å². The van der Waals surface area contributed by atoms with Gasteiger partial charge in [0.1, 0.15) is 0 Å². The van der Waals surface area contributed by atoms with Crippen LogP contribution in [-0.2, 0) is 43.3 Å². The number of rotatable bonds is 5. The van der Waals surface area contributed by atoms with Crippen molar-refractivity contribution in [1.29, 1.82) is 0 Å². The highest BCUT2D eigenvalue weighted by Gasteiger charge is 2.59. The van der Waals surface area contributed by atoms with Crippen LogP contribution in [0.1, 0.15) is 219 Å². The van der Waals surface area contributed by atoms with Gasteiger partial charge in [-0.1, -0.05) is 215 Å². The Labute approximate surface area is 523 Å². The molecule has 0 spiro atoms. The Kier molecular flexibility index (Phi) is 11.9. The first-order valence-corrected chi connectivity index (χ1v) is 33.4. The molecule has 3 aliphatic heterocycles. The van der Waals surface area contributed by atoms with Gasteiger partial charge in [0, 0.05) is 50.8 Å². The monoisotopic (exact) mass is 1140 g/mol. The molecule has 0 amide bonds. The van der Waals surface area contributed by atoms with Gasteiger partial charge in [-0.15, -0.1) is 0 Å². The topological polar surface area (TPSA) is 9.72 Å². The summed E-state index contributed by atoms with van der Waals surface area (Å²) in [7, 11) is 0. The lowest BCUT2D eigenvalue weighted by Gasteiger charge is -2.51. The van der Waals surface area contributed by atoms with Gasteiger partial charge in [-0.05, 0) is 228 Å². The summed E-state index contributed by atoms with van der Waals surface area (Å²) in [6, 6.07) is 59.2. The Morgan fingerprint density at radius 3 is 1.40 bits per heavy atom. The lowest BCUT2D eigenvalue weighted by atomic mass is 9.33. The average Bonchev–Trinajstić information content (AvgIpc) is 1.67. The molecule has 0 aromatic heterocycles. The van der Waals surface area contributed by atoms with Gasteiger partial charge in [0.05, 0.1) is 11.2 Å². The van der Waals surface area contributed by atoms with Gasteiger partial charge in [0.2, 0.25) is 0 Å². The van der Waals surface area contributed by atoms with E-state index in [-0.39, 0.29) is 55.6 Å². The molecule has 444 valence electrons. The van der Waals surface area contributed by atoms with Crippen LogP contribution in [0.2, 0.25) is 0 Å². The molecular formula is C83H94BN3. The van der Waals surface area contributed by atoms with Crippen LogP contribution < -0.4 is 31.1 Å². The van der Waals surface area contributed by atoms with Crippen molar-refractivity contribution in [2.75, 3.05) is 14.7 Å².